The van der Waals surface area contributed by atoms with Crippen molar-refractivity contribution in [3.63, 3.8) is 0 Å². The Balaban J connectivity index is 1.35. The van der Waals surface area contributed by atoms with Crippen LogP contribution in [0.5, 0.6) is 5.75 Å². The quantitative estimate of drug-likeness (QED) is 0.443. The number of rotatable bonds is 7. The molecule has 4 N–H and O–H groups in total. The van der Waals surface area contributed by atoms with Crippen LogP contribution >= 0.6 is 12.2 Å². The lowest BCUT2D eigenvalue weighted by atomic mass is 10.3. The number of nitrogens with one attached hydrogen (secondary N) is 2. The first-order valence-corrected chi connectivity index (χ1v) is 10.7. The van der Waals surface area contributed by atoms with Crippen LogP contribution < -0.4 is 21.1 Å². The van der Waals surface area contributed by atoms with E-state index in [0.29, 0.717) is 24.4 Å². The summed E-state index contributed by atoms with van der Waals surface area (Å²) in [5, 5.41) is 9.17. The number of hydrogen-bond donors (Lipinski definition) is 3. The van der Waals surface area contributed by atoms with Gasteiger partial charge in [0.25, 0.3) is 0 Å². The van der Waals surface area contributed by atoms with Crippen LogP contribution in [0.1, 0.15) is 12.8 Å². The van der Waals surface area contributed by atoms with E-state index in [1.165, 1.54) is 12.8 Å². The average molecular weight is 478 g/mol. The van der Waals surface area contributed by atoms with Crippen LogP contribution in [0.2, 0.25) is 0 Å². The monoisotopic (exact) mass is 477 g/mol. The van der Waals surface area contributed by atoms with Crippen molar-refractivity contribution in [2.24, 2.45) is 0 Å². The Kier molecular flexibility index (Phi) is 6.94. The number of nitrogen functional groups attached to an aromatic ring is 1. The van der Waals surface area contributed by atoms with E-state index in [0.717, 1.165) is 30.1 Å². The molecular formula is C21H22F3N7OS. The van der Waals surface area contributed by atoms with Crippen molar-refractivity contribution in [3.8, 4) is 5.75 Å². The molecule has 2 heterocycles. The Morgan fingerprint density at radius 3 is 2.42 bits per heavy atom. The number of benzene rings is 2. The highest BCUT2D eigenvalue weighted by Gasteiger charge is 2.17. The zero-order chi connectivity index (χ0) is 23.4. The van der Waals surface area contributed by atoms with Crippen LogP contribution in [0.15, 0.2) is 36.4 Å². The van der Waals surface area contributed by atoms with Gasteiger partial charge >= 0.3 is 0 Å². The summed E-state index contributed by atoms with van der Waals surface area (Å²) >= 11 is 5.11. The lowest BCUT2D eigenvalue weighted by molar-refractivity contribution is 0.238. The summed E-state index contributed by atoms with van der Waals surface area (Å²) in [7, 11) is 0. The van der Waals surface area contributed by atoms with E-state index in [1.807, 2.05) is 12.1 Å². The molecule has 12 heteroatoms. The Labute approximate surface area is 193 Å². The third kappa shape index (κ3) is 5.71. The fourth-order valence-corrected chi connectivity index (χ4v) is 3.65. The number of halogens is 3. The van der Waals surface area contributed by atoms with Crippen molar-refractivity contribution in [2.45, 2.75) is 12.8 Å². The van der Waals surface area contributed by atoms with Crippen LogP contribution in [0.3, 0.4) is 0 Å². The smallest absolute Gasteiger partial charge is 0.248 e. The van der Waals surface area contributed by atoms with Gasteiger partial charge in [0.15, 0.2) is 11.6 Å². The van der Waals surface area contributed by atoms with Gasteiger partial charge in [0.2, 0.25) is 17.0 Å². The van der Waals surface area contributed by atoms with Gasteiger partial charge in [-0.15, -0.1) is 5.10 Å². The Bertz CT molecular complexity index is 1110. The number of thiocarbonyl (C=S) groups is 1. The molecule has 1 aromatic heterocycles. The number of nitrogens with two attached hydrogens (primary N) is 1. The van der Waals surface area contributed by atoms with Gasteiger partial charge in [-0.1, -0.05) is 0 Å². The minimum absolute atomic E-state index is 0.111. The van der Waals surface area contributed by atoms with E-state index in [2.05, 4.69) is 25.6 Å². The first-order valence-electron chi connectivity index (χ1n) is 10.3. The lowest BCUT2D eigenvalue weighted by Crippen LogP contribution is -2.25. The number of aromatic nitrogens is 3. The van der Waals surface area contributed by atoms with Crippen molar-refractivity contribution in [3.05, 3.63) is 53.8 Å². The molecule has 1 aliphatic heterocycles. The topological polar surface area (TPSA) is 93.3 Å². The Morgan fingerprint density at radius 1 is 1.09 bits per heavy atom. The van der Waals surface area contributed by atoms with Crippen molar-refractivity contribution in [1.82, 2.24) is 19.7 Å². The predicted octanol–water partition coefficient (Wildman–Crippen LogP) is 3.74. The fraction of sp³-hybridized carbons (Fsp3) is 0.286. The van der Waals surface area contributed by atoms with Crippen molar-refractivity contribution < 1.29 is 17.9 Å². The molecule has 0 radical (unpaired) electrons. The molecule has 0 atom stereocenters. The number of anilines is 4. The second-order valence-electron chi connectivity index (χ2n) is 7.43. The van der Waals surface area contributed by atoms with Gasteiger partial charge in [-0.25, -0.2) is 13.2 Å². The summed E-state index contributed by atoms with van der Waals surface area (Å²) in [4.78, 5) is 6.43. The van der Waals surface area contributed by atoms with Gasteiger partial charge in [0, 0.05) is 24.4 Å². The summed E-state index contributed by atoms with van der Waals surface area (Å²) in [5.74, 6) is -2.58. The van der Waals surface area contributed by atoms with E-state index < -0.39 is 23.1 Å². The van der Waals surface area contributed by atoms with Gasteiger partial charge in [0.1, 0.15) is 23.9 Å². The molecule has 0 saturated carbocycles. The maximum atomic E-state index is 13.9. The summed E-state index contributed by atoms with van der Waals surface area (Å²) in [6.45, 7) is 3.78. The molecule has 1 aliphatic rings. The fourth-order valence-electron chi connectivity index (χ4n) is 3.41. The molecule has 1 saturated heterocycles. The van der Waals surface area contributed by atoms with Crippen molar-refractivity contribution >= 4 is 40.6 Å². The van der Waals surface area contributed by atoms with Crippen LogP contribution in [-0.2, 0) is 0 Å². The first-order chi connectivity index (χ1) is 15.9. The standard InChI is InChI=1S/C21H22F3N7OS/c22-13-11-16(23)18(17(24)12-13)27-21(33)31-19(25)28-20(29-31)26-14-3-5-15(6-4-14)32-10-9-30-7-1-2-8-30/h3-6,11-12H,1-2,7-10H2,(H,27,33)(H3,25,26,28,29). The van der Waals surface area contributed by atoms with Gasteiger partial charge < -0.3 is 21.1 Å². The predicted molar refractivity (Wildman–Crippen MR) is 123 cm³/mol. The molecule has 33 heavy (non-hydrogen) atoms. The SMILES string of the molecule is Nc1nc(Nc2ccc(OCCN3CCCC3)cc2)nn1C(=S)Nc1c(F)cc(F)cc1F. The lowest BCUT2D eigenvalue weighted by Gasteiger charge is -2.15. The van der Waals surface area contributed by atoms with E-state index >= 15 is 0 Å². The van der Waals surface area contributed by atoms with Gasteiger partial charge in [-0.3, -0.25) is 4.90 Å². The van der Waals surface area contributed by atoms with Crippen LogP contribution in [0.25, 0.3) is 0 Å². The first kappa shape index (κ1) is 22.8. The summed E-state index contributed by atoms with van der Waals surface area (Å²) in [5.41, 5.74) is 5.89. The third-order valence-electron chi connectivity index (χ3n) is 5.05. The van der Waals surface area contributed by atoms with Crippen LogP contribution in [-0.4, -0.2) is 51.0 Å². The Morgan fingerprint density at radius 2 is 1.76 bits per heavy atom. The molecule has 0 amide bonds. The van der Waals surface area contributed by atoms with Crippen molar-refractivity contribution in [1.29, 1.82) is 0 Å². The Hall–Kier alpha value is -3.38. The number of nitrogens with zero attached hydrogens (tertiary/aromatic N) is 4. The zero-order valence-corrected chi connectivity index (χ0v) is 18.3. The molecule has 0 bridgehead atoms. The van der Waals surface area contributed by atoms with Gasteiger partial charge in [-0.2, -0.15) is 9.67 Å². The second kappa shape index (κ2) is 10.0. The van der Waals surface area contributed by atoms with Gasteiger partial charge in [0.05, 0.1) is 0 Å². The largest absolute Gasteiger partial charge is 0.492 e. The molecule has 0 aliphatic carbocycles. The molecule has 0 spiro atoms. The maximum absolute atomic E-state index is 13.9. The molecule has 174 valence electrons. The van der Waals surface area contributed by atoms with Crippen LogP contribution in [0.4, 0.5) is 36.4 Å². The molecule has 3 aromatic rings. The third-order valence-corrected chi connectivity index (χ3v) is 5.32. The second-order valence-corrected chi connectivity index (χ2v) is 7.81. The highest BCUT2D eigenvalue weighted by molar-refractivity contribution is 7.80. The highest BCUT2D eigenvalue weighted by atomic mass is 32.1. The molecular weight excluding hydrogens is 455 g/mol. The molecule has 2 aromatic carbocycles. The molecule has 0 unspecified atom stereocenters. The number of ether oxygens (including phenoxy) is 1. The van der Waals surface area contributed by atoms with E-state index in [-0.39, 0.29) is 17.0 Å². The molecule has 4 rings (SSSR count). The summed E-state index contributed by atoms with van der Waals surface area (Å²) in [6.07, 6.45) is 2.49. The summed E-state index contributed by atoms with van der Waals surface area (Å²) in [6, 6.07) is 8.29. The number of likely N-dealkylation sites (tertiary alicyclic amines) is 1. The summed E-state index contributed by atoms with van der Waals surface area (Å²) < 4.78 is 47.6. The van der Waals surface area contributed by atoms with E-state index in [4.69, 9.17) is 22.7 Å². The average Bonchev–Trinajstić information content (AvgIpc) is 3.41. The van der Waals surface area contributed by atoms with E-state index in [1.54, 1.807) is 12.1 Å². The minimum atomic E-state index is -1.14. The molecule has 8 nitrogen and oxygen atoms in total. The zero-order valence-electron chi connectivity index (χ0n) is 17.5. The van der Waals surface area contributed by atoms with Gasteiger partial charge in [-0.05, 0) is 62.4 Å². The van der Waals surface area contributed by atoms with Crippen molar-refractivity contribution in [2.75, 3.05) is 42.6 Å². The normalized spacial score (nSPS) is 13.8. The minimum Gasteiger partial charge on any atom is -0.492 e. The highest BCUT2D eigenvalue weighted by Crippen LogP contribution is 2.22. The maximum Gasteiger partial charge on any atom is 0.248 e. The number of hydrogen-bond acceptors (Lipinski definition) is 7. The van der Waals surface area contributed by atoms with E-state index in [9.17, 15) is 13.2 Å². The molecule has 1 fully saturated rings. The van der Waals surface area contributed by atoms with Crippen LogP contribution in [0, 0.1) is 17.5 Å².